The van der Waals surface area contributed by atoms with Gasteiger partial charge in [-0.2, -0.15) is 0 Å². The largest absolute Gasteiger partial charge is 0.497 e. The number of furan rings is 1. The van der Waals surface area contributed by atoms with Gasteiger partial charge < -0.3 is 13.9 Å². The highest BCUT2D eigenvalue weighted by Gasteiger charge is 2.33. The lowest BCUT2D eigenvalue weighted by atomic mass is 9.96. The van der Waals surface area contributed by atoms with Crippen LogP contribution >= 0.6 is 11.3 Å². The van der Waals surface area contributed by atoms with Crippen LogP contribution in [-0.4, -0.2) is 29.2 Å². The van der Waals surface area contributed by atoms with Crippen LogP contribution < -0.4 is 19.6 Å². The number of nitrogens with zero attached hydrogens (tertiary/aromatic N) is 3. The molecular weight excluding hydrogens is 522 g/mol. The number of methoxy groups -OCH3 is 1. The number of non-ortho nitro benzene ring substituents is 1. The summed E-state index contributed by atoms with van der Waals surface area (Å²) in [4.78, 5) is 42.4. The summed E-state index contributed by atoms with van der Waals surface area (Å²) < 4.78 is 18.3. The maximum absolute atomic E-state index is 13.7. The molecule has 0 unspecified atom stereocenters. The molecule has 0 N–H and O–H groups in total. The van der Waals surface area contributed by atoms with E-state index in [0.29, 0.717) is 43.4 Å². The van der Waals surface area contributed by atoms with E-state index >= 15 is 0 Å². The van der Waals surface area contributed by atoms with Crippen LogP contribution in [0.1, 0.15) is 31.2 Å². The second kappa shape index (κ2) is 10.5. The third kappa shape index (κ3) is 4.91. The van der Waals surface area contributed by atoms with E-state index in [1.54, 1.807) is 75.6 Å². The lowest BCUT2D eigenvalue weighted by Crippen LogP contribution is -2.39. The predicted octanol–water partition coefficient (Wildman–Crippen LogP) is 3.98. The Morgan fingerprint density at radius 2 is 1.97 bits per heavy atom. The monoisotopic (exact) mass is 545 g/mol. The van der Waals surface area contributed by atoms with Gasteiger partial charge in [0.2, 0.25) is 0 Å². The van der Waals surface area contributed by atoms with Crippen molar-refractivity contribution in [3.05, 3.63) is 113 Å². The van der Waals surface area contributed by atoms with Crippen LogP contribution in [0.25, 0.3) is 17.4 Å². The summed E-state index contributed by atoms with van der Waals surface area (Å²) >= 11 is 1.17. The van der Waals surface area contributed by atoms with E-state index in [-0.39, 0.29) is 23.4 Å². The molecule has 1 atom stereocenters. The summed E-state index contributed by atoms with van der Waals surface area (Å²) in [5.41, 5.74) is 1.60. The maximum atomic E-state index is 13.7. The number of carbonyl (C=O) groups excluding carboxylic acids is 1. The average molecular weight is 546 g/mol. The first-order valence-corrected chi connectivity index (χ1v) is 12.8. The van der Waals surface area contributed by atoms with E-state index in [4.69, 9.17) is 13.9 Å². The Morgan fingerprint density at radius 1 is 1.21 bits per heavy atom. The number of esters is 1. The molecule has 2 aromatic carbocycles. The van der Waals surface area contributed by atoms with Gasteiger partial charge in [0, 0.05) is 23.8 Å². The number of carbonyl (C=O) groups is 1. The highest BCUT2D eigenvalue weighted by atomic mass is 32.1. The molecule has 0 radical (unpaired) electrons. The third-order valence-electron chi connectivity index (χ3n) is 6.19. The fourth-order valence-corrected chi connectivity index (χ4v) is 5.41. The normalized spacial score (nSPS) is 15.1. The predicted molar refractivity (Wildman–Crippen MR) is 144 cm³/mol. The summed E-state index contributed by atoms with van der Waals surface area (Å²) in [5, 5.41) is 11.1. The molecule has 0 saturated heterocycles. The van der Waals surface area contributed by atoms with Crippen LogP contribution in [0.5, 0.6) is 5.75 Å². The Balaban J connectivity index is 1.61. The Morgan fingerprint density at radius 3 is 2.67 bits per heavy atom. The number of hydrogen-bond donors (Lipinski definition) is 0. The zero-order valence-electron chi connectivity index (χ0n) is 21.2. The number of hydrogen-bond acceptors (Lipinski definition) is 9. The summed E-state index contributed by atoms with van der Waals surface area (Å²) in [7, 11) is 1.56. The molecule has 11 heteroatoms. The van der Waals surface area contributed by atoms with Crippen LogP contribution in [0.3, 0.4) is 0 Å². The smallest absolute Gasteiger partial charge is 0.338 e. The number of fused-ring (bicyclic) bond motifs is 1. The minimum absolute atomic E-state index is 0.0509. The van der Waals surface area contributed by atoms with Gasteiger partial charge in [0.15, 0.2) is 4.80 Å². The van der Waals surface area contributed by atoms with Crippen molar-refractivity contribution in [1.82, 2.24) is 4.57 Å². The maximum Gasteiger partial charge on any atom is 0.338 e. The molecule has 5 rings (SSSR count). The van der Waals surface area contributed by atoms with E-state index in [2.05, 4.69) is 4.99 Å². The first kappa shape index (κ1) is 25.9. The number of nitro groups is 1. The van der Waals surface area contributed by atoms with Crippen molar-refractivity contribution in [2.45, 2.75) is 19.9 Å². The van der Waals surface area contributed by atoms with Crippen LogP contribution in [0.15, 0.2) is 86.1 Å². The molecule has 1 aliphatic heterocycles. The standard InChI is InChI=1S/C28H23N3O7S/c1-4-37-27(33)24-16(2)29-28-30(25(24)17-8-10-20(36-3)11-9-17)26(32)23(39-28)15-21-12-13-22(38-21)18-6-5-7-19(14-18)31(34)35/h5-15,25H,4H2,1-3H3/t25-/m1/s1. The Labute approximate surface area is 225 Å². The van der Waals surface area contributed by atoms with E-state index in [0.717, 1.165) is 0 Å². The topological polar surface area (TPSA) is 126 Å². The molecule has 39 heavy (non-hydrogen) atoms. The van der Waals surface area contributed by atoms with Gasteiger partial charge in [-0.1, -0.05) is 35.6 Å². The second-order valence-electron chi connectivity index (χ2n) is 8.58. The van der Waals surface area contributed by atoms with Crippen LogP contribution in [0, 0.1) is 10.1 Å². The number of nitro benzene ring substituents is 1. The summed E-state index contributed by atoms with van der Waals surface area (Å²) in [6, 6.07) is 15.9. The third-order valence-corrected chi connectivity index (χ3v) is 7.17. The highest BCUT2D eigenvalue weighted by Crippen LogP contribution is 2.32. The van der Waals surface area contributed by atoms with Gasteiger partial charge in [0.25, 0.3) is 11.2 Å². The lowest BCUT2D eigenvalue weighted by Gasteiger charge is -2.24. The molecule has 3 heterocycles. The second-order valence-corrected chi connectivity index (χ2v) is 9.59. The molecular formula is C28H23N3O7S. The lowest BCUT2D eigenvalue weighted by molar-refractivity contribution is -0.384. The van der Waals surface area contributed by atoms with Crippen LogP contribution in [0.2, 0.25) is 0 Å². The van der Waals surface area contributed by atoms with Crippen molar-refractivity contribution in [2.75, 3.05) is 13.7 Å². The van der Waals surface area contributed by atoms with Crippen molar-refractivity contribution in [2.24, 2.45) is 4.99 Å². The minimum atomic E-state index is -0.745. The number of aromatic nitrogens is 1. The van der Waals surface area contributed by atoms with Crippen molar-refractivity contribution in [3.63, 3.8) is 0 Å². The van der Waals surface area contributed by atoms with Gasteiger partial charge in [-0.3, -0.25) is 19.5 Å². The van der Waals surface area contributed by atoms with Crippen LogP contribution in [0.4, 0.5) is 5.69 Å². The summed E-state index contributed by atoms with van der Waals surface area (Å²) in [6.07, 6.45) is 1.60. The summed E-state index contributed by atoms with van der Waals surface area (Å²) in [5.74, 6) is 0.918. The van der Waals surface area contributed by atoms with Crippen LogP contribution in [-0.2, 0) is 9.53 Å². The Bertz CT molecular complexity index is 1800. The molecule has 0 bridgehead atoms. The number of thiazole rings is 1. The molecule has 0 amide bonds. The molecule has 4 aromatic rings. The number of benzene rings is 2. The Kier molecular flexibility index (Phi) is 6.99. The van der Waals surface area contributed by atoms with E-state index < -0.39 is 16.9 Å². The first-order chi connectivity index (χ1) is 18.8. The number of allylic oxidation sites excluding steroid dienone is 1. The molecule has 0 aliphatic carbocycles. The van der Waals surface area contributed by atoms with E-state index in [9.17, 15) is 19.7 Å². The molecule has 2 aromatic heterocycles. The van der Waals surface area contributed by atoms with Crippen molar-refractivity contribution in [1.29, 1.82) is 0 Å². The molecule has 1 aliphatic rings. The van der Waals surface area contributed by atoms with Crippen molar-refractivity contribution >= 4 is 29.1 Å². The fourth-order valence-electron chi connectivity index (χ4n) is 4.38. The number of ether oxygens (including phenoxy) is 2. The fraction of sp³-hybridized carbons (Fsp3) is 0.179. The molecule has 0 spiro atoms. The Hall–Kier alpha value is -4.77. The van der Waals surface area contributed by atoms with Gasteiger partial charge in [-0.25, -0.2) is 9.79 Å². The van der Waals surface area contributed by atoms with Crippen molar-refractivity contribution in [3.8, 4) is 17.1 Å². The van der Waals surface area contributed by atoms with Gasteiger partial charge >= 0.3 is 5.97 Å². The molecule has 10 nitrogen and oxygen atoms in total. The first-order valence-electron chi connectivity index (χ1n) is 12.0. The zero-order chi connectivity index (χ0) is 27.7. The average Bonchev–Trinajstić information content (AvgIpc) is 3.52. The van der Waals surface area contributed by atoms with Gasteiger partial charge in [0.1, 0.15) is 17.3 Å². The minimum Gasteiger partial charge on any atom is -0.497 e. The molecule has 198 valence electrons. The summed E-state index contributed by atoms with van der Waals surface area (Å²) in [6.45, 7) is 3.62. The number of rotatable bonds is 7. The van der Waals surface area contributed by atoms with Gasteiger partial charge in [0.05, 0.1) is 40.5 Å². The van der Waals surface area contributed by atoms with Gasteiger partial charge in [-0.05, 0) is 43.7 Å². The quantitative estimate of drug-likeness (QED) is 0.195. The SMILES string of the molecule is CCOC(=O)C1=C(C)N=c2sc(=Cc3ccc(-c4cccc([N+](=O)[O-])c4)o3)c(=O)n2[C@@H]1c1ccc(OC)cc1. The molecule has 0 saturated carbocycles. The van der Waals surface area contributed by atoms with Crippen molar-refractivity contribution < 1.29 is 23.6 Å². The van der Waals surface area contributed by atoms with E-state index in [1.807, 2.05) is 0 Å². The van der Waals surface area contributed by atoms with Gasteiger partial charge in [-0.15, -0.1) is 0 Å². The molecule has 0 fully saturated rings. The van der Waals surface area contributed by atoms with E-state index in [1.165, 1.54) is 28.0 Å². The zero-order valence-corrected chi connectivity index (χ0v) is 22.1. The highest BCUT2D eigenvalue weighted by molar-refractivity contribution is 7.07.